The third-order valence-corrected chi connectivity index (χ3v) is 4.34. The molecule has 4 nitrogen and oxygen atoms in total. The van der Waals surface area contributed by atoms with E-state index in [1.165, 1.54) is 30.5 Å². The number of Topliss-reactive ketones (excluding diaryl/α,β-unsaturated/α-hetero) is 1. The van der Waals surface area contributed by atoms with E-state index < -0.39 is 0 Å². The monoisotopic (exact) mass is 315 g/mol. The Morgan fingerprint density at radius 2 is 1.78 bits per heavy atom. The van der Waals surface area contributed by atoms with Gasteiger partial charge >= 0.3 is 0 Å². The summed E-state index contributed by atoms with van der Waals surface area (Å²) >= 11 is 0. The van der Waals surface area contributed by atoms with Crippen LogP contribution in [-0.2, 0) is 0 Å². The molecule has 3 rings (SSSR count). The first-order valence-corrected chi connectivity index (χ1v) is 7.69. The Bertz CT molecular complexity index is 712. The van der Waals surface area contributed by atoms with Gasteiger partial charge in [-0.25, -0.2) is 4.39 Å². The number of furan rings is 1. The van der Waals surface area contributed by atoms with Crippen LogP contribution in [0.3, 0.4) is 0 Å². The molecule has 0 saturated carbocycles. The molecule has 0 aliphatic carbocycles. The molecule has 0 atom stereocenters. The van der Waals surface area contributed by atoms with Gasteiger partial charge in [0.1, 0.15) is 5.82 Å². The highest BCUT2D eigenvalue weighted by Crippen LogP contribution is 2.24. The summed E-state index contributed by atoms with van der Waals surface area (Å²) in [7, 11) is 0. The molecule has 1 amide bonds. The summed E-state index contributed by atoms with van der Waals surface area (Å²) in [6.07, 6.45) is 2.73. The van der Waals surface area contributed by atoms with Crippen LogP contribution in [0.5, 0.6) is 0 Å². The van der Waals surface area contributed by atoms with Crippen LogP contribution in [0.15, 0.2) is 41.0 Å². The molecule has 1 aromatic carbocycles. The zero-order valence-electron chi connectivity index (χ0n) is 12.9. The number of hydrogen-bond donors (Lipinski definition) is 0. The van der Waals surface area contributed by atoms with Crippen LogP contribution in [0.1, 0.15) is 39.3 Å². The molecule has 1 aliphatic rings. The Morgan fingerprint density at radius 3 is 2.35 bits per heavy atom. The fourth-order valence-corrected chi connectivity index (χ4v) is 2.93. The second kappa shape index (κ2) is 6.36. The van der Waals surface area contributed by atoms with E-state index in [0.29, 0.717) is 37.3 Å². The van der Waals surface area contributed by atoms with Crippen molar-refractivity contribution < 1.29 is 18.4 Å². The van der Waals surface area contributed by atoms with Crippen molar-refractivity contribution in [2.24, 2.45) is 5.92 Å². The number of piperidine rings is 1. The van der Waals surface area contributed by atoms with Crippen molar-refractivity contribution in [3.8, 4) is 0 Å². The van der Waals surface area contributed by atoms with Gasteiger partial charge in [0.05, 0.1) is 6.26 Å². The van der Waals surface area contributed by atoms with E-state index in [1.807, 2.05) is 6.92 Å². The van der Waals surface area contributed by atoms with Crippen LogP contribution in [-0.4, -0.2) is 29.7 Å². The summed E-state index contributed by atoms with van der Waals surface area (Å²) in [4.78, 5) is 26.5. The van der Waals surface area contributed by atoms with Crippen LogP contribution in [0, 0.1) is 18.7 Å². The van der Waals surface area contributed by atoms with Gasteiger partial charge in [-0.1, -0.05) is 0 Å². The fraction of sp³-hybridized carbons (Fsp3) is 0.333. The highest BCUT2D eigenvalue weighted by molar-refractivity contribution is 5.98. The molecule has 0 bridgehead atoms. The maximum Gasteiger partial charge on any atom is 0.289 e. The summed E-state index contributed by atoms with van der Waals surface area (Å²) in [6.45, 7) is 2.88. The smallest absolute Gasteiger partial charge is 0.289 e. The van der Waals surface area contributed by atoms with E-state index in [0.717, 1.165) is 5.56 Å². The molecular weight excluding hydrogens is 297 g/mol. The topological polar surface area (TPSA) is 50.5 Å². The summed E-state index contributed by atoms with van der Waals surface area (Å²) < 4.78 is 18.2. The number of likely N-dealkylation sites (tertiary alicyclic amines) is 1. The number of benzene rings is 1. The third-order valence-electron chi connectivity index (χ3n) is 4.34. The van der Waals surface area contributed by atoms with Crippen molar-refractivity contribution >= 4 is 11.7 Å². The van der Waals surface area contributed by atoms with Gasteiger partial charge in [-0.05, 0) is 50.1 Å². The van der Waals surface area contributed by atoms with E-state index in [4.69, 9.17) is 4.42 Å². The highest BCUT2D eigenvalue weighted by atomic mass is 19.1. The molecule has 1 fully saturated rings. The number of aryl methyl sites for hydroxylation is 1. The predicted molar refractivity (Wildman–Crippen MR) is 82.8 cm³/mol. The van der Waals surface area contributed by atoms with E-state index in [2.05, 4.69) is 0 Å². The number of rotatable bonds is 3. The molecule has 2 heterocycles. The molecule has 0 unspecified atom stereocenters. The first-order valence-electron chi connectivity index (χ1n) is 7.69. The minimum atomic E-state index is -0.351. The van der Waals surface area contributed by atoms with Crippen LogP contribution in [0.2, 0.25) is 0 Å². The SMILES string of the molecule is Cc1ccoc1C(=O)N1CCC(C(=O)c2ccc(F)cc2)CC1. The van der Waals surface area contributed by atoms with Gasteiger partial charge in [-0.3, -0.25) is 9.59 Å². The van der Waals surface area contributed by atoms with Gasteiger partial charge in [0.2, 0.25) is 0 Å². The zero-order chi connectivity index (χ0) is 16.4. The summed E-state index contributed by atoms with van der Waals surface area (Å²) in [6, 6.07) is 7.39. The van der Waals surface area contributed by atoms with Crippen LogP contribution >= 0.6 is 0 Å². The van der Waals surface area contributed by atoms with Gasteiger partial charge in [0, 0.05) is 30.1 Å². The Hall–Kier alpha value is -2.43. The molecule has 0 radical (unpaired) electrons. The number of carbonyl (C=O) groups is 2. The van der Waals surface area contributed by atoms with Gasteiger partial charge in [0.25, 0.3) is 5.91 Å². The molecule has 1 aliphatic heterocycles. The third kappa shape index (κ3) is 3.18. The Labute approximate surface area is 133 Å². The Morgan fingerprint density at radius 1 is 1.13 bits per heavy atom. The van der Waals surface area contributed by atoms with Gasteiger partial charge in [-0.2, -0.15) is 0 Å². The van der Waals surface area contributed by atoms with Gasteiger partial charge in [-0.15, -0.1) is 0 Å². The fourth-order valence-electron chi connectivity index (χ4n) is 2.93. The second-order valence-electron chi connectivity index (χ2n) is 5.87. The molecule has 120 valence electrons. The number of carbonyl (C=O) groups excluding carboxylic acids is 2. The highest BCUT2D eigenvalue weighted by Gasteiger charge is 2.29. The number of halogens is 1. The van der Waals surface area contributed by atoms with Crippen LogP contribution in [0.4, 0.5) is 4.39 Å². The standard InChI is InChI=1S/C18H18FNO3/c1-12-8-11-23-17(12)18(22)20-9-6-14(7-10-20)16(21)13-2-4-15(19)5-3-13/h2-5,8,11,14H,6-7,9-10H2,1H3. The lowest BCUT2D eigenvalue weighted by Crippen LogP contribution is -2.40. The normalized spacial score (nSPS) is 15.7. The average Bonchev–Trinajstić information content (AvgIpc) is 3.00. The molecule has 0 N–H and O–H groups in total. The largest absolute Gasteiger partial charge is 0.459 e. The minimum Gasteiger partial charge on any atom is -0.459 e. The minimum absolute atomic E-state index is 0.0197. The van der Waals surface area contributed by atoms with Crippen molar-refractivity contribution in [1.82, 2.24) is 4.90 Å². The number of nitrogens with zero attached hydrogens (tertiary/aromatic N) is 1. The number of ketones is 1. The summed E-state index contributed by atoms with van der Waals surface area (Å²) in [5.41, 5.74) is 1.34. The predicted octanol–water partition coefficient (Wildman–Crippen LogP) is 3.46. The summed E-state index contributed by atoms with van der Waals surface area (Å²) in [5.74, 6) is -0.210. The molecular formula is C18H18FNO3. The number of amides is 1. The first kappa shape index (κ1) is 15.5. The molecule has 1 aromatic heterocycles. The Balaban J connectivity index is 1.62. The molecule has 1 saturated heterocycles. The van der Waals surface area contributed by atoms with Gasteiger partial charge < -0.3 is 9.32 Å². The van der Waals surface area contributed by atoms with E-state index >= 15 is 0 Å². The number of hydrogen-bond acceptors (Lipinski definition) is 3. The molecule has 23 heavy (non-hydrogen) atoms. The maximum atomic E-state index is 12.9. The van der Waals surface area contributed by atoms with E-state index in [1.54, 1.807) is 11.0 Å². The van der Waals surface area contributed by atoms with E-state index in [-0.39, 0.29) is 23.4 Å². The van der Waals surface area contributed by atoms with Crippen LogP contribution in [0.25, 0.3) is 0 Å². The lowest BCUT2D eigenvalue weighted by Gasteiger charge is -2.31. The zero-order valence-corrected chi connectivity index (χ0v) is 12.9. The van der Waals surface area contributed by atoms with Crippen molar-refractivity contribution in [3.63, 3.8) is 0 Å². The second-order valence-corrected chi connectivity index (χ2v) is 5.87. The van der Waals surface area contributed by atoms with Crippen molar-refractivity contribution in [2.75, 3.05) is 13.1 Å². The quantitative estimate of drug-likeness (QED) is 0.815. The molecule has 2 aromatic rings. The lowest BCUT2D eigenvalue weighted by molar-refractivity contribution is 0.0623. The first-order chi connectivity index (χ1) is 11.1. The summed E-state index contributed by atoms with van der Waals surface area (Å²) in [5, 5.41) is 0. The average molecular weight is 315 g/mol. The maximum absolute atomic E-state index is 12.9. The lowest BCUT2D eigenvalue weighted by atomic mass is 9.89. The molecule has 0 spiro atoms. The van der Waals surface area contributed by atoms with Gasteiger partial charge in [0.15, 0.2) is 11.5 Å². The van der Waals surface area contributed by atoms with Crippen molar-refractivity contribution in [1.29, 1.82) is 0 Å². The Kier molecular flexibility index (Phi) is 4.28. The molecule has 5 heteroatoms. The van der Waals surface area contributed by atoms with E-state index in [9.17, 15) is 14.0 Å². The van der Waals surface area contributed by atoms with Crippen molar-refractivity contribution in [3.05, 3.63) is 59.3 Å². The van der Waals surface area contributed by atoms with Crippen molar-refractivity contribution in [2.45, 2.75) is 19.8 Å². The van der Waals surface area contributed by atoms with Crippen LogP contribution < -0.4 is 0 Å².